The summed E-state index contributed by atoms with van der Waals surface area (Å²) in [7, 11) is 0. The number of aliphatic carboxylic acids is 3. The molecule has 30 nitrogen and oxygen atoms in total. The molecule has 0 aliphatic heterocycles. The van der Waals surface area contributed by atoms with Gasteiger partial charge in [-0.3, -0.25) is 52.7 Å². The first-order valence-electron chi connectivity index (χ1n) is 27.3. The van der Waals surface area contributed by atoms with Crippen LogP contribution in [0, 0.1) is 11.8 Å². The molecule has 0 saturated heterocycles. The number of hydrogen-bond donors (Lipinski definition) is 18. The molecule has 80 heavy (non-hydrogen) atoms. The minimum absolute atomic E-state index is 0.00766. The molecule has 0 heterocycles. The lowest BCUT2D eigenvalue weighted by Crippen LogP contribution is -2.61. The molecule has 0 rings (SSSR count). The normalized spacial score (nSPS) is 15.3. The standard InChI is InChI=1S/C50H92N14O16/c1-6-28(4)40(64-42(71)30(55)15-7-11-21-51)49(78)62-36(26-65)48(77)60-34(19-20-37(66)67)43(72)56-29(5)41(70)61-35(25-38(68)69)47(76)59-32(17-9-13-23-53)45(74)57-31(16-8-12-22-52)44(73)58-33(18-10-14-24-54)46(75)63-39(27(2)3)50(79)80/h27-36,39-40,65H,6-26,51-55H2,1-5H3,(H,56,72)(H,57,74)(H,58,73)(H,59,76)(H,60,77)(H,61,70)(H,62,78)(H,63,75)(H,64,71)(H,66,67)(H,68,69)(H,79,80)/t28-,29-,30-,31-,32-,33-,34-,35-,36-,39-,40-/m0/s1. The smallest absolute Gasteiger partial charge is 0.326 e. The lowest BCUT2D eigenvalue weighted by molar-refractivity contribution is -0.143. The lowest BCUT2D eigenvalue weighted by atomic mass is 9.97. The third kappa shape index (κ3) is 29.0. The second-order valence-electron chi connectivity index (χ2n) is 20.0. The Hall–Kier alpha value is -6.60. The average Bonchev–Trinajstić information content (AvgIpc) is 3.39. The number of amides is 9. The third-order valence-electron chi connectivity index (χ3n) is 12.9. The molecule has 0 aliphatic carbocycles. The summed E-state index contributed by atoms with van der Waals surface area (Å²) in [6.07, 6.45) is 1.57. The van der Waals surface area contributed by atoms with Gasteiger partial charge in [-0.2, -0.15) is 0 Å². The van der Waals surface area contributed by atoms with E-state index in [0.29, 0.717) is 57.9 Å². The van der Waals surface area contributed by atoms with Crippen LogP contribution in [0.4, 0.5) is 0 Å². The van der Waals surface area contributed by atoms with Gasteiger partial charge in [-0.1, -0.05) is 40.5 Å². The van der Waals surface area contributed by atoms with E-state index in [1.807, 2.05) is 0 Å². The monoisotopic (exact) mass is 1140 g/mol. The van der Waals surface area contributed by atoms with Gasteiger partial charge in [-0.15, -0.1) is 0 Å². The molecule has 0 radical (unpaired) electrons. The van der Waals surface area contributed by atoms with E-state index in [-0.39, 0.29) is 51.7 Å². The topological polar surface area (TPSA) is 524 Å². The molecule has 0 unspecified atom stereocenters. The Morgan fingerprint density at radius 1 is 0.400 bits per heavy atom. The predicted molar refractivity (Wildman–Crippen MR) is 291 cm³/mol. The van der Waals surface area contributed by atoms with Crippen LogP contribution >= 0.6 is 0 Å². The summed E-state index contributed by atoms with van der Waals surface area (Å²) < 4.78 is 0. The molecule has 23 N–H and O–H groups in total. The molecule has 0 aromatic carbocycles. The predicted octanol–water partition coefficient (Wildman–Crippen LogP) is -4.67. The van der Waals surface area contributed by atoms with Gasteiger partial charge < -0.3 is 96.9 Å². The highest BCUT2D eigenvalue weighted by Gasteiger charge is 2.36. The Kier molecular flexibility index (Phi) is 37.2. The summed E-state index contributed by atoms with van der Waals surface area (Å²) in [6.45, 7) is 7.70. The van der Waals surface area contributed by atoms with Crippen molar-refractivity contribution >= 4 is 71.1 Å². The maximum absolute atomic E-state index is 14.1. The fraction of sp³-hybridized carbons (Fsp3) is 0.760. The summed E-state index contributed by atoms with van der Waals surface area (Å²) in [4.78, 5) is 158. The van der Waals surface area contributed by atoms with E-state index in [0.717, 1.165) is 6.92 Å². The molecule has 9 amide bonds. The molecule has 0 aromatic rings. The van der Waals surface area contributed by atoms with Gasteiger partial charge in [0.1, 0.15) is 54.4 Å². The fourth-order valence-electron chi connectivity index (χ4n) is 7.80. The number of rotatable bonds is 44. The molecule has 0 spiro atoms. The maximum atomic E-state index is 14.1. The molecule has 0 saturated carbocycles. The first kappa shape index (κ1) is 73.4. The van der Waals surface area contributed by atoms with E-state index >= 15 is 0 Å². The molecule has 30 heteroatoms. The van der Waals surface area contributed by atoms with Gasteiger partial charge in [0, 0.05) is 6.42 Å². The quantitative estimate of drug-likeness (QED) is 0.0255. The van der Waals surface area contributed by atoms with Crippen LogP contribution in [-0.4, -0.2) is 185 Å². The molecule has 0 aromatic heterocycles. The Morgan fingerprint density at radius 3 is 1.15 bits per heavy atom. The zero-order valence-corrected chi connectivity index (χ0v) is 46.9. The highest BCUT2D eigenvalue weighted by molar-refractivity contribution is 5.99. The molecular weight excluding hydrogens is 1050 g/mol. The van der Waals surface area contributed by atoms with Gasteiger partial charge >= 0.3 is 17.9 Å². The van der Waals surface area contributed by atoms with Gasteiger partial charge in [0.05, 0.1) is 19.1 Å². The van der Waals surface area contributed by atoms with Gasteiger partial charge in [0.15, 0.2) is 0 Å². The first-order valence-corrected chi connectivity index (χ1v) is 27.3. The van der Waals surface area contributed by atoms with Crippen LogP contribution in [0.3, 0.4) is 0 Å². The van der Waals surface area contributed by atoms with Gasteiger partial charge in [-0.05, 0) is 122 Å². The fourth-order valence-corrected chi connectivity index (χ4v) is 7.80. The zero-order valence-electron chi connectivity index (χ0n) is 46.9. The van der Waals surface area contributed by atoms with Crippen LogP contribution in [0.5, 0.6) is 0 Å². The number of nitrogens with one attached hydrogen (secondary N) is 9. The number of aliphatic hydroxyl groups is 1. The molecular formula is C50H92N14O16. The van der Waals surface area contributed by atoms with E-state index in [1.165, 1.54) is 0 Å². The van der Waals surface area contributed by atoms with Crippen molar-refractivity contribution in [1.29, 1.82) is 0 Å². The number of nitrogens with two attached hydrogens (primary N) is 5. The molecule has 0 fully saturated rings. The minimum Gasteiger partial charge on any atom is -0.481 e. The van der Waals surface area contributed by atoms with Crippen LogP contribution in [-0.2, 0) is 57.5 Å². The SMILES string of the molecule is CC[C@H](C)[C@H](NC(=O)[C@@H](N)CCCCN)C(=O)N[C@@H](CO)C(=O)N[C@@H](CCC(=O)O)C(=O)N[C@@H](C)C(=O)N[C@@H](CC(=O)O)C(=O)N[C@@H](CCCCN)C(=O)N[C@@H](CCCCN)C(=O)N[C@@H](CCCCN)C(=O)N[C@H](C(=O)O)C(C)C. The van der Waals surface area contributed by atoms with Crippen molar-refractivity contribution in [2.45, 2.75) is 198 Å². The number of hydrogen-bond acceptors (Lipinski definition) is 18. The van der Waals surface area contributed by atoms with E-state index in [4.69, 9.17) is 28.7 Å². The number of aliphatic hydroxyl groups excluding tert-OH is 1. The van der Waals surface area contributed by atoms with Crippen molar-refractivity contribution in [2.75, 3.05) is 32.8 Å². The largest absolute Gasteiger partial charge is 0.481 e. The van der Waals surface area contributed by atoms with E-state index in [1.54, 1.807) is 27.7 Å². The first-order chi connectivity index (χ1) is 37.7. The lowest BCUT2D eigenvalue weighted by Gasteiger charge is -2.28. The van der Waals surface area contributed by atoms with Crippen LogP contribution in [0.15, 0.2) is 0 Å². The Labute approximate surface area is 466 Å². The van der Waals surface area contributed by atoms with Crippen LogP contribution in [0.25, 0.3) is 0 Å². The third-order valence-corrected chi connectivity index (χ3v) is 12.9. The zero-order chi connectivity index (χ0) is 61.1. The van der Waals surface area contributed by atoms with Crippen molar-refractivity contribution in [3.8, 4) is 0 Å². The van der Waals surface area contributed by atoms with E-state index in [9.17, 15) is 78.0 Å². The Morgan fingerprint density at radius 2 is 0.762 bits per heavy atom. The van der Waals surface area contributed by atoms with Crippen molar-refractivity contribution in [1.82, 2.24) is 47.9 Å². The summed E-state index contributed by atoms with van der Waals surface area (Å²) in [5.41, 5.74) is 28.6. The molecule has 458 valence electrons. The second-order valence-corrected chi connectivity index (χ2v) is 20.0. The number of carbonyl (C=O) groups excluding carboxylic acids is 9. The number of unbranched alkanes of at least 4 members (excludes halogenated alkanes) is 4. The van der Waals surface area contributed by atoms with Gasteiger partial charge in [0.25, 0.3) is 0 Å². The minimum atomic E-state index is -1.91. The van der Waals surface area contributed by atoms with E-state index < -0.39 is 169 Å². The van der Waals surface area contributed by atoms with Crippen molar-refractivity contribution in [3.63, 3.8) is 0 Å². The summed E-state index contributed by atoms with van der Waals surface area (Å²) in [5, 5.41) is 60.8. The van der Waals surface area contributed by atoms with Crippen LogP contribution in [0.1, 0.15) is 137 Å². The Balaban J connectivity index is 6.54. The van der Waals surface area contributed by atoms with Gasteiger partial charge in [-0.25, -0.2) is 4.79 Å². The summed E-state index contributed by atoms with van der Waals surface area (Å²) in [5.74, 6) is -14.0. The van der Waals surface area contributed by atoms with Crippen molar-refractivity contribution in [3.05, 3.63) is 0 Å². The average molecular weight is 1150 g/mol. The van der Waals surface area contributed by atoms with Crippen LogP contribution < -0.4 is 76.5 Å². The molecule has 11 atom stereocenters. The van der Waals surface area contributed by atoms with Gasteiger partial charge in [0.2, 0.25) is 53.2 Å². The maximum Gasteiger partial charge on any atom is 0.326 e. The van der Waals surface area contributed by atoms with Crippen molar-refractivity contribution < 1.29 is 78.0 Å². The second kappa shape index (κ2) is 40.6. The Bertz CT molecular complexity index is 2020. The van der Waals surface area contributed by atoms with Crippen LogP contribution in [0.2, 0.25) is 0 Å². The summed E-state index contributed by atoms with van der Waals surface area (Å²) >= 11 is 0. The highest BCUT2D eigenvalue weighted by Crippen LogP contribution is 2.13. The van der Waals surface area contributed by atoms with E-state index in [2.05, 4.69) is 47.9 Å². The molecule has 0 aliphatic rings. The number of carboxylic acids is 3. The number of carboxylic acid groups (broad SMARTS) is 3. The molecule has 0 bridgehead atoms. The summed E-state index contributed by atoms with van der Waals surface area (Å²) in [6, 6.07) is -14.6. The number of carbonyl (C=O) groups is 12. The highest BCUT2D eigenvalue weighted by atomic mass is 16.4. The van der Waals surface area contributed by atoms with Crippen molar-refractivity contribution in [2.24, 2.45) is 40.5 Å².